The van der Waals surface area contributed by atoms with E-state index in [1.54, 1.807) is 31.2 Å². The van der Waals surface area contributed by atoms with Crippen LogP contribution >= 0.6 is 23.2 Å². The second kappa shape index (κ2) is 12.6. The molecule has 1 atom stereocenters. The van der Waals surface area contributed by atoms with Crippen LogP contribution in [0.2, 0.25) is 10.0 Å². The topological polar surface area (TPSA) is 104 Å². The Morgan fingerprint density at radius 3 is 2.11 bits per heavy atom. The Kier molecular flexibility index (Phi) is 10.3. The highest BCUT2D eigenvalue weighted by Crippen LogP contribution is 2.27. The lowest BCUT2D eigenvalue weighted by Crippen LogP contribution is -2.51. The summed E-state index contributed by atoms with van der Waals surface area (Å²) in [5.41, 5.74) is 0.892. The van der Waals surface area contributed by atoms with Crippen LogP contribution in [0.5, 0.6) is 0 Å². The summed E-state index contributed by atoms with van der Waals surface area (Å²) in [7, 11) is -3.92. The molecule has 0 aliphatic carbocycles. The predicted molar refractivity (Wildman–Crippen MR) is 143 cm³/mol. The molecule has 0 bridgehead atoms. The Morgan fingerprint density at radius 1 is 1.00 bits per heavy atom. The molecule has 36 heavy (non-hydrogen) atoms. The van der Waals surface area contributed by atoms with E-state index >= 15 is 0 Å². The minimum atomic E-state index is -3.92. The quantitative estimate of drug-likeness (QED) is 0.419. The number of benzene rings is 2. The number of carbonyl (C=O) groups excluding carboxylic acids is 3. The zero-order valence-electron chi connectivity index (χ0n) is 20.9. The molecular weight excluding hydrogens is 525 g/mol. The van der Waals surface area contributed by atoms with E-state index in [0.29, 0.717) is 27.7 Å². The molecule has 0 fully saturated rings. The van der Waals surface area contributed by atoms with Gasteiger partial charge in [-0.3, -0.25) is 18.7 Å². The maximum absolute atomic E-state index is 13.6. The molecule has 0 heterocycles. The monoisotopic (exact) mass is 555 g/mol. The molecule has 2 aromatic rings. The molecule has 0 saturated carbocycles. The molecule has 0 saturated heterocycles. The number of ketones is 1. The number of hydrogen-bond donors (Lipinski definition) is 1. The number of nitrogens with zero attached hydrogens (tertiary/aromatic N) is 2. The van der Waals surface area contributed by atoms with Gasteiger partial charge in [-0.25, -0.2) is 8.42 Å². The standard InChI is InChI=1S/C25H31Cl2N3O5S/c1-16(2)13-28-25(33)17(3)29(14-21-22(26)10-7-11-23(21)27)24(32)15-30(36(5,34)35)20-9-6-8-19(12-20)18(4)31/h6-12,16-17H,13-15H2,1-5H3,(H,28,33). The Hall–Kier alpha value is -2.62. The van der Waals surface area contributed by atoms with Crippen molar-refractivity contribution in [3.05, 3.63) is 63.6 Å². The van der Waals surface area contributed by atoms with Crippen molar-refractivity contribution in [3.63, 3.8) is 0 Å². The van der Waals surface area contributed by atoms with Crippen LogP contribution in [0, 0.1) is 5.92 Å². The molecule has 11 heteroatoms. The molecule has 0 aliphatic heterocycles. The van der Waals surface area contributed by atoms with Crippen LogP contribution in [0.4, 0.5) is 5.69 Å². The van der Waals surface area contributed by atoms with Crippen molar-refractivity contribution >= 4 is 56.5 Å². The average Bonchev–Trinajstić information content (AvgIpc) is 2.79. The fourth-order valence-corrected chi connectivity index (χ4v) is 4.74. The van der Waals surface area contributed by atoms with Crippen LogP contribution in [0.3, 0.4) is 0 Å². The normalized spacial score (nSPS) is 12.2. The van der Waals surface area contributed by atoms with Crippen molar-refractivity contribution in [1.82, 2.24) is 10.2 Å². The molecule has 2 aromatic carbocycles. The van der Waals surface area contributed by atoms with Crippen LogP contribution in [0.1, 0.15) is 43.6 Å². The van der Waals surface area contributed by atoms with Crippen molar-refractivity contribution in [3.8, 4) is 0 Å². The van der Waals surface area contributed by atoms with Crippen LogP contribution in [-0.4, -0.2) is 56.3 Å². The minimum absolute atomic E-state index is 0.112. The third kappa shape index (κ3) is 7.94. The van der Waals surface area contributed by atoms with E-state index in [2.05, 4.69) is 5.32 Å². The average molecular weight is 557 g/mol. The highest BCUT2D eigenvalue weighted by Gasteiger charge is 2.31. The molecule has 0 aromatic heterocycles. The third-order valence-electron chi connectivity index (χ3n) is 5.46. The highest BCUT2D eigenvalue weighted by molar-refractivity contribution is 7.92. The van der Waals surface area contributed by atoms with Gasteiger partial charge in [0.05, 0.1) is 11.9 Å². The van der Waals surface area contributed by atoms with Crippen molar-refractivity contribution in [2.75, 3.05) is 23.7 Å². The van der Waals surface area contributed by atoms with Gasteiger partial charge >= 0.3 is 0 Å². The molecule has 196 valence electrons. The van der Waals surface area contributed by atoms with Crippen molar-refractivity contribution in [2.24, 2.45) is 5.92 Å². The van der Waals surface area contributed by atoms with E-state index in [1.165, 1.54) is 30.0 Å². The summed E-state index contributed by atoms with van der Waals surface area (Å²) in [6, 6.07) is 9.94. The zero-order chi connectivity index (χ0) is 27.2. The molecule has 0 radical (unpaired) electrons. The second-order valence-electron chi connectivity index (χ2n) is 8.91. The number of nitrogens with one attached hydrogen (secondary N) is 1. The number of sulfonamides is 1. The minimum Gasteiger partial charge on any atom is -0.354 e. The largest absolute Gasteiger partial charge is 0.354 e. The summed E-state index contributed by atoms with van der Waals surface area (Å²) in [5.74, 6) is -1.10. The fraction of sp³-hybridized carbons (Fsp3) is 0.400. The second-order valence-corrected chi connectivity index (χ2v) is 11.6. The van der Waals surface area contributed by atoms with E-state index in [0.717, 1.165) is 10.6 Å². The van der Waals surface area contributed by atoms with Crippen molar-refractivity contribution in [1.29, 1.82) is 0 Å². The lowest BCUT2D eigenvalue weighted by atomic mass is 10.1. The number of anilines is 1. The summed E-state index contributed by atoms with van der Waals surface area (Å²) in [6.07, 6.45) is 0.967. The summed E-state index contributed by atoms with van der Waals surface area (Å²) in [6.45, 7) is 6.50. The van der Waals surface area contributed by atoms with Gasteiger partial charge in [0.25, 0.3) is 0 Å². The first-order valence-electron chi connectivity index (χ1n) is 11.3. The number of Topliss-reactive ketones (excluding diaryl/α,β-unsaturated/α-hetero) is 1. The first kappa shape index (κ1) is 29.6. The number of rotatable bonds is 11. The first-order chi connectivity index (χ1) is 16.7. The first-order valence-corrected chi connectivity index (χ1v) is 13.9. The lowest BCUT2D eigenvalue weighted by Gasteiger charge is -2.32. The summed E-state index contributed by atoms with van der Waals surface area (Å²) >= 11 is 12.7. The summed E-state index contributed by atoms with van der Waals surface area (Å²) in [5, 5.41) is 3.42. The van der Waals surface area contributed by atoms with Gasteiger partial charge in [0, 0.05) is 34.3 Å². The van der Waals surface area contributed by atoms with E-state index in [1.807, 2.05) is 13.8 Å². The third-order valence-corrected chi connectivity index (χ3v) is 7.31. The number of amides is 2. The lowest BCUT2D eigenvalue weighted by molar-refractivity contribution is -0.139. The molecule has 0 spiro atoms. The number of carbonyl (C=O) groups is 3. The maximum atomic E-state index is 13.6. The predicted octanol–water partition coefficient (Wildman–Crippen LogP) is 4.15. The fourth-order valence-electron chi connectivity index (χ4n) is 3.38. The molecule has 2 rings (SSSR count). The van der Waals surface area contributed by atoms with Crippen molar-refractivity contribution in [2.45, 2.75) is 40.3 Å². The van der Waals surface area contributed by atoms with Gasteiger partial charge in [0.15, 0.2) is 5.78 Å². The van der Waals surface area contributed by atoms with Gasteiger partial charge in [-0.15, -0.1) is 0 Å². The van der Waals surface area contributed by atoms with E-state index in [-0.39, 0.29) is 23.9 Å². The maximum Gasteiger partial charge on any atom is 0.244 e. The number of hydrogen-bond acceptors (Lipinski definition) is 5. The Bertz CT molecular complexity index is 1210. The molecule has 0 aliphatic rings. The molecule has 8 nitrogen and oxygen atoms in total. The van der Waals surface area contributed by atoms with E-state index in [9.17, 15) is 22.8 Å². The van der Waals surface area contributed by atoms with Gasteiger partial charge in [-0.05, 0) is 44.0 Å². The van der Waals surface area contributed by atoms with Gasteiger partial charge in [-0.1, -0.05) is 55.2 Å². The van der Waals surface area contributed by atoms with Crippen molar-refractivity contribution < 1.29 is 22.8 Å². The van der Waals surface area contributed by atoms with E-state index < -0.39 is 34.4 Å². The Balaban J connectivity index is 2.47. The highest BCUT2D eigenvalue weighted by atomic mass is 35.5. The molecule has 1 N–H and O–H groups in total. The van der Waals surface area contributed by atoms with E-state index in [4.69, 9.17) is 23.2 Å². The van der Waals surface area contributed by atoms with Gasteiger partial charge in [-0.2, -0.15) is 0 Å². The van der Waals surface area contributed by atoms with Crippen LogP contribution in [-0.2, 0) is 26.2 Å². The Labute approximate surface area is 222 Å². The zero-order valence-corrected chi connectivity index (χ0v) is 23.2. The SMILES string of the molecule is CC(=O)c1cccc(N(CC(=O)N(Cc2c(Cl)cccc2Cl)C(C)C(=O)NCC(C)C)S(C)(=O)=O)c1. The van der Waals surface area contributed by atoms with Gasteiger partial charge in [0.2, 0.25) is 21.8 Å². The van der Waals surface area contributed by atoms with Crippen LogP contribution < -0.4 is 9.62 Å². The number of halogens is 2. The van der Waals surface area contributed by atoms with Gasteiger partial charge < -0.3 is 10.2 Å². The van der Waals surface area contributed by atoms with Gasteiger partial charge in [0.1, 0.15) is 12.6 Å². The molecular formula is C25H31Cl2N3O5S. The smallest absolute Gasteiger partial charge is 0.244 e. The Morgan fingerprint density at radius 2 is 1.58 bits per heavy atom. The molecule has 1 unspecified atom stereocenters. The van der Waals surface area contributed by atoms with Crippen LogP contribution in [0.15, 0.2) is 42.5 Å². The summed E-state index contributed by atoms with van der Waals surface area (Å²) < 4.78 is 26.2. The summed E-state index contributed by atoms with van der Waals surface area (Å²) in [4.78, 5) is 39.5. The molecule has 2 amide bonds. The van der Waals surface area contributed by atoms with Crippen LogP contribution in [0.25, 0.3) is 0 Å².